The van der Waals surface area contributed by atoms with Crippen molar-refractivity contribution in [2.24, 2.45) is 0 Å². The summed E-state index contributed by atoms with van der Waals surface area (Å²) >= 11 is 0. The second-order valence-electron chi connectivity index (χ2n) is 7.33. The van der Waals surface area contributed by atoms with E-state index in [0.29, 0.717) is 45.2 Å². The SMILES string of the molecule is CCNC(=O)C1(NC(=O)CCc2c(C)nn(CCC#N)c2C)CCCCC1. The van der Waals surface area contributed by atoms with Crippen LogP contribution in [-0.4, -0.2) is 33.7 Å². The molecule has 27 heavy (non-hydrogen) atoms. The van der Waals surface area contributed by atoms with Gasteiger partial charge in [-0.3, -0.25) is 14.3 Å². The van der Waals surface area contributed by atoms with Crippen LogP contribution in [0.5, 0.6) is 0 Å². The highest BCUT2D eigenvalue weighted by Crippen LogP contribution is 2.29. The van der Waals surface area contributed by atoms with Gasteiger partial charge in [-0.2, -0.15) is 10.4 Å². The van der Waals surface area contributed by atoms with Crippen molar-refractivity contribution in [3.63, 3.8) is 0 Å². The molecule has 0 atom stereocenters. The minimum Gasteiger partial charge on any atom is -0.354 e. The molecule has 1 aromatic rings. The Balaban J connectivity index is 2.01. The lowest BCUT2D eigenvalue weighted by Crippen LogP contribution is -2.59. The van der Waals surface area contributed by atoms with Crippen LogP contribution in [0.1, 0.15) is 68.8 Å². The molecular weight excluding hydrogens is 342 g/mol. The first kappa shape index (κ1) is 20.9. The smallest absolute Gasteiger partial charge is 0.245 e. The van der Waals surface area contributed by atoms with E-state index >= 15 is 0 Å². The Morgan fingerprint density at radius 2 is 1.96 bits per heavy atom. The molecule has 7 heteroatoms. The zero-order valence-corrected chi connectivity index (χ0v) is 16.7. The number of carbonyl (C=O) groups excluding carboxylic acids is 2. The molecule has 1 aliphatic carbocycles. The molecule has 7 nitrogen and oxygen atoms in total. The van der Waals surface area contributed by atoms with Crippen LogP contribution in [0.25, 0.3) is 0 Å². The van der Waals surface area contributed by atoms with E-state index in [1.165, 1.54) is 0 Å². The molecule has 0 bridgehead atoms. The van der Waals surface area contributed by atoms with E-state index in [1.54, 1.807) is 0 Å². The monoisotopic (exact) mass is 373 g/mol. The third-order valence-electron chi connectivity index (χ3n) is 5.43. The molecule has 2 N–H and O–H groups in total. The van der Waals surface area contributed by atoms with Gasteiger partial charge in [0, 0.05) is 18.7 Å². The van der Waals surface area contributed by atoms with Crippen LogP contribution < -0.4 is 10.6 Å². The summed E-state index contributed by atoms with van der Waals surface area (Å²) < 4.78 is 1.84. The minimum absolute atomic E-state index is 0.0604. The van der Waals surface area contributed by atoms with Crippen molar-refractivity contribution in [3.05, 3.63) is 17.0 Å². The first-order valence-corrected chi connectivity index (χ1v) is 9.92. The standard InChI is InChI=1S/C20H31N5O2/c1-4-22-19(27)20(11-6-5-7-12-20)23-18(26)10-9-17-15(2)24-25(16(17)3)14-8-13-21/h4-12,14H2,1-3H3,(H,22,27)(H,23,26). The number of hydrogen-bond acceptors (Lipinski definition) is 4. The van der Waals surface area contributed by atoms with Crippen molar-refractivity contribution in [2.45, 2.75) is 84.2 Å². The Bertz CT molecular complexity index is 711. The summed E-state index contributed by atoms with van der Waals surface area (Å²) in [5, 5.41) is 19.2. The largest absolute Gasteiger partial charge is 0.354 e. The molecule has 1 aliphatic rings. The Labute approximate surface area is 161 Å². The van der Waals surface area contributed by atoms with Gasteiger partial charge in [-0.15, -0.1) is 0 Å². The predicted octanol–water partition coefficient (Wildman–Crippen LogP) is 2.30. The lowest BCUT2D eigenvalue weighted by Gasteiger charge is -2.36. The maximum atomic E-state index is 12.6. The van der Waals surface area contributed by atoms with Crippen LogP contribution in [0.2, 0.25) is 0 Å². The molecule has 2 amide bonds. The van der Waals surface area contributed by atoms with Gasteiger partial charge in [0.25, 0.3) is 0 Å². The van der Waals surface area contributed by atoms with Crippen molar-refractivity contribution in [1.29, 1.82) is 5.26 Å². The quantitative estimate of drug-likeness (QED) is 0.730. The molecule has 1 saturated carbocycles. The predicted molar refractivity (Wildman–Crippen MR) is 103 cm³/mol. The topological polar surface area (TPSA) is 99.8 Å². The molecule has 1 aromatic heterocycles. The molecule has 0 saturated heterocycles. The number of amides is 2. The fourth-order valence-electron chi connectivity index (χ4n) is 3.93. The van der Waals surface area contributed by atoms with E-state index in [1.807, 2.05) is 25.5 Å². The molecule has 148 valence electrons. The molecule has 1 heterocycles. The summed E-state index contributed by atoms with van der Waals surface area (Å²) in [6, 6.07) is 2.13. The van der Waals surface area contributed by atoms with Crippen molar-refractivity contribution < 1.29 is 9.59 Å². The number of hydrogen-bond donors (Lipinski definition) is 2. The lowest BCUT2D eigenvalue weighted by molar-refractivity contribution is -0.135. The van der Waals surface area contributed by atoms with Gasteiger partial charge in [0.05, 0.1) is 24.7 Å². The average molecular weight is 374 g/mol. The maximum absolute atomic E-state index is 12.6. The summed E-state index contributed by atoms with van der Waals surface area (Å²) in [7, 11) is 0. The second-order valence-corrected chi connectivity index (χ2v) is 7.33. The normalized spacial score (nSPS) is 15.8. The number of rotatable bonds is 8. The molecule has 0 radical (unpaired) electrons. The summed E-state index contributed by atoms with van der Waals surface area (Å²) in [6.45, 7) is 6.93. The van der Waals surface area contributed by atoms with Gasteiger partial charge in [0.1, 0.15) is 5.54 Å². The zero-order chi connectivity index (χ0) is 19.9. The number of nitrogens with one attached hydrogen (secondary N) is 2. The minimum atomic E-state index is -0.758. The van der Waals surface area contributed by atoms with Gasteiger partial charge < -0.3 is 10.6 Å². The number of nitrogens with zero attached hydrogens (tertiary/aromatic N) is 3. The lowest BCUT2D eigenvalue weighted by atomic mass is 9.80. The van der Waals surface area contributed by atoms with Gasteiger partial charge in [0.2, 0.25) is 11.8 Å². The van der Waals surface area contributed by atoms with Crippen molar-refractivity contribution >= 4 is 11.8 Å². The fraction of sp³-hybridized carbons (Fsp3) is 0.700. The zero-order valence-electron chi connectivity index (χ0n) is 16.7. The average Bonchev–Trinajstić information content (AvgIpc) is 2.92. The Morgan fingerprint density at radius 3 is 2.59 bits per heavy atom. The van der Waals surface area contributed by atoms with Crippen molar-refractivity contribution in [1.82, 2.24) is 20.4 Å². The maximum Gasteiger partial charge on any atom is 0.245 e. The fourth-order valence-corrected chi connectivity index (χ4v) is 3.93. The highest BCUT2D eigenvalue weighted by Gasteiger charge is 2.40. The Morgan fingerprint density at radius 1 is 1.26 bits per heavy atom. The van der Waals surface area contributed by atoms with E-state index < -0.39 is 5.54 Å². The van der Waals surface area contributed by atoms with Crippen LogP contribution in [0.3, 0.4) is 0 Å². The molecule has 0 spiro atoms. The molecule has 0 aromatic carbocycles. The summed E-state index contributed by atoms with van der Waals surface area (Å²) in [5.74, 6) is -0.151. The van der Waals surface area contributed by atoms with Gasteiger partial charge in [-0.1, -0.05) is 19.3 Å². The third kappa shape index (κ3) is 5.09. The first-order valence-electron chi connectivity index (χ1n) is 9.92. The van der Waals surface area contributed by atoms with E-state index in [-0.39, 0.29) is 11.8 Å². The van der Waals surface area contributed by atoms with Crippen LogP contribution in [0.15, 0.2) is 0 Å². The highest BCUT2D eigenvalue weighted by molar-refractivity contribution is 5.91. The van der Waals surface area contributed by atoms with E-state index in [9.17, 15) is 9.59 Å². The van der Waals surface area contributed by atoms with Crippen LogP contribution in [0, 0.1) is 25.2 Å². The summed E-state index contributed by atoms with van der Waals surface area (Å²) in [4.78, 5) is 25.2. The Kier molecular flexibility index (Phi) is 7.40. The number of likely N-dealkylation sites (N-methyl/N-ethyl adjacent to an activating group) is 1. The molecule has 2 rings (SSSR count). The van der Waals surface area contributed by atoms with Crippen LogP contribution >= 0.6 is 0 Å². The van der Waals surface area contributed by atoms with Gasteiger partial charge in [0.15, 0.2) is 0 Å². The van der Waals surface area contributed by atoms with Crippen LogP contribution in [0.4, 0.5) is 0 Å². The summed E-state index contributed by atoms with van der Waals surface area (Å²) in [6.07, 6.45) is 5.76. The van der Waals surface area contributed by atoms with Gasteiger partial charge >= 0.3 is 0 Å². The van der Waals surface area contributed by atoms with E-state index in [4.69, 9.17) is 5.26 Å². The van der Waals surface area contributed by atoms with Gasteiger partial charge in [-0.05, 0) is 45.6 Å². The van der Waals surface area contributed by atoms with Gasteiger partial charge in [-0.25, -0.2) is 0 Å². The molecule has 0 unspecified atom stereocenters. The Hall–Kier alpha value is -2.36. The molecule has 0 aliphatic heterocycles. The number of aryl methyl sites for hydroxylation is 2. The number of nitriles is 1. The number of carbonyl (C=O) groups is 2. The number of aromatic nitrogens is 2. The van der Waals surface area contributed by atoms with E-state index in [2.05, 4.69) is 21.8 Å². The van der Waals surface area contributed by atoms with Crippen LogP contribution in [-0.2, 0) is 22.6 Å². The second kappa shape index (κ2) is 9.54. The molecular formula is C20H31N5O2. The molecule has 1 fully saturated rings. The van der Waals surface area contributed by atoms with Crippen molar-refractivity contribution in [3.8, 4) is 6.07 Å². The third-order valence-corrected chi connectivity index (χ3v) is 5.43. The van der Waals surface area contributed by atoms with Crippen molar-refractivity contribution in [2.75, 3.05) is 6.54 Å². The van der Waals surface area contributed by atoms with E-state index in [0.717, 1.165) is 36.2 Å². The highest BCUT2D eigenvalue weighted by atomic mass is 16.2. The summed E-state index contributed by atoms with van der Waals surface area (Å²) in [5.41, 5.74) is 2.20. The first-order chi connectivity index (χ1) is 12.9.